The van der Waals surface area contributed by atoms with E-state index in [1.807, 2.05) is 0 Å². The van der Waals surface area contributed by atoms with Crippen LogP contribution in [0.15, 0.2) is 6.20 Å². The molecule has 1 aromatic heterocycles. The largest absolute Gasteiger partial charge is 0.574 e. The summed E-state index contributed by atoms with van der Waals surface area (Å²) in [5, 5.41) is 0. The average molecular weight is 393 g/mol. The number of pyridine rings is 1. The van der Waals surface area contributed by atoms with Gasteiger partial charge in [0.2, 0.25) is 5.88 Å². The van der Waals surface area contributed by atoms with E-state index in [9.17, 15) is 22.4 Å². The standard InChI is InChI=1S/C10H8F4INO3/c1-18-8(17)2-5-6(3-11)7(15)4-16-9(5)19-10(12,13)14/h4H,2-3H2,1H3. The van der Waals surface area contributed by atoms with E-state index < -0.39 is 31.3 Å². The molecule has 0 unspecified atom stereocenters. The number of rotatable bonds is 4. The van der Waals surface area contributed by atoms with Crippen LogP contribution in [0.4, 0.5) is 17.6 Å². The van der Waals surface area contributed by atoms with Crippen molar-refractivity contribution in [3.05, 3.63) is 20.9 Å². The molecule has 0 fully saturated rings. The van der Waals surface area contributed by atoms with Crippen molar-refractivity contribution in [2.24, 2.45) is 0 Å². The summed E-state index contributed by atoms with van der Waals surface area (Å²) < 4.78 is 57.8. The Labute approximate surface area is 119 Å². The number of hydrogen-bond acceptors (Lipinski definition) is 4. The van der Waals surface area contributed by atoms with E-state index in [1.165, 1.54) is 0 Å². The Kier molecular flexibility index (Phi) is 5.32. The predicted octanol–water partition coefficient (Wildman–Crippen LogP) is 2.77. The van der Waals surface area contributed by atoms with E-state index in [2.05, 4.69) is 14.5 Å². The van der Waals surface area contributed by atoms with Crippen molar-refractivity contribution < 1.29 is 31.8 Å². The number of nitrogens with zero attached hydrogens (tertiary/aromatic N) is 1. The van der Waals surface area contributed by atoms with Gasteiger partial charge in [0.05, 0.1) is 13.5 Å². The van der Waals surface area contributed by atoms with Gasteiger partial charge in [0.1, 0.15) is 6.67 Å². The molecular formula is C10H8F4INO3. The van der Waals surface area contributed by atoms with Gasteiger partial charge in [-0.05, 0) is 22.6 Å². The maximum atomic E-state index is 12.9. The van der Waals surface area contributed by atoms with Crippen molar-refractivity contribution >= 4 is 28.6 Å². The maximum Gasteiger partial charge on any atom is 0.574 e. The highest BCUT2D eigenvalue weighted by Crippen LogP contribution is 2.30. The van der Waals surface area contributed by atoms with E-state index in [0.29, 0.717) is 3.57 Å². The van der Waals surface area contributed by atoms with Crippen LogP contribution in [0.25, 0.3) is 0 Å². The van der Waals surface area contributed by atoms with Crippen molar-refractivity contribution in [2.75, 3.05) is 7.11 Å². The first-order valence-corrected chi connectivity index (χ1v) is 5.91. The molecule has 0 radical (unpaired) electrons. The molecule has 0 aliphatic carbocycles. The Balaban J connectivity index is 3.25. The molecular weight excluding hydrogens is 385 g/mol. The average Bonchev–Trinajstić information content (AvgIpc) is 2.31. The Hall–Kier alpha value is -1.13. The highest BCUT2D eigenvalue weighted by molar-refractivity contribution is 14.1. The molecule has 0 aromatic carbocycles. The highest BCUT2D eigenvalue weighted by atomic mass is 127. The molecule has 0 amide bonds. The van der Waals surface area contributed by atoms with Crippen molar-refractivity contribution in [2.45, 2.75) is 19.5 Å². The number of methoxy groups -OCH3 is 1. The zero-order valence-corrected chi connectivity index (χ0v) is 11.7. The van der Waals surface area contributed by atoms with Crippen LogP contribution in [0.5, 0.6) is 5.88 Å². The summed E-state index contributed by atoms with van der Waals surface area (Å²) in [6.45, 7) is -1.04. The summed E-state index contributed by atoms with van der Waals surface area (Å²) in [5.74, 6) is -1.66. The molecule has 9 heteroatoms. The third-order valence-electron chi connectivity index (χ3n) is 2.10. The molecule has 0 spiro atoms. The van der Waals surface area contributed by atoms with Crippen LogP contribution < -0.4 is 4.74 Å². The lowest BCUT2D eigenvalue weighted by atomic mass is 10.1. The molecule has 0 aliphatic rings. The molecule has 4 nitrogen and oxygen atoms in total. The lowest BCUT2D eigenvalue weighted by Gasteiger charge is -2.14. The molecule has 106 valence electrons. The van der Waals surface area contributed by atoms with E-state index in [1.54, 1.807) is 22.6 Å². The van der Waals surface area contributed by atoms with Crippen molar-refractivity contribution in [3.8, 4) is 5.88 Å². The Morgan fingerprint density at radius 3 is 2.53 bits per heavy atom. The van der Waals surface area contributed by atoms with Crippen LogP contribution in [0, 0.1) is 3.57 Å². The lowest BCUT2D eigenvalue weighted by molar-refractivity contribution is -0.276. The number of halogens is 5. The summed E-state index contributed by atoms with van der Waals surface area (Å²) >= 11 is 1.71. The van der Waals surface area contributed by atoms with Gasteiger partial charge in [0, 0.05) is 20.9 Å². The number of ether oxygens (including phenoxy) is 2. The summed E-state index contributed by atoms with van der Waals surface area (Å²) in [6.07, 6.45) is -4.49. The number of carbonyl (C=O) groups excluding carboxylic acids is 1. The highest BCUT2D eigenvalue weighted by Gasteiger charge is 2.34. The SMILES string of the molecule is COC(=O)Cc1c(OC(F)(F)F)ncc(I)c1CF. The second-order valence-electron chi connectivity index (χ2n) is 3.30. The van der Waals surface area contributed by atoms with Gasteiger partial charge in [-0.3, -0.25) is 4.79 Å². The van der Waals surface area contributed by atoms with Crippen molar-refractivity contribution in [3.63, 3.8) is 0 Å². The van der Waals surface area contributed by atoms with Crippen molar-refractivity contribution in [1.82, 2.24) is 4.98 Å². The topological polar surface area (TPSA) is 48.4 Å². The minimum absolute atomic E-state index is 0.0692. The van der Waals surface area contributed by atoms with E-state index in [0.717, 1.165) is 13.3 Å². The van der Waals surface area contributed by atoms with E-state index in [4.69, 9.17) is 0 Å². The van der Waals surface area contributed by atoms with Gasteiger partial charge < -0.3 is 9.47 Å². The fraction of sp³-hybridized carbons (Fsp3) is 0.400. The molecule has 0 bridgehead atoms. The summed E-state index contributed by atoms with van der Waals surface area (Å²) in [4.78, 5) is 14.6. The van der Waals surface area contributed by atoms with Gasteiger partial charge in [-0.2, -0.15) is 0 Å². The minimum atomic E-state index is -4.97. The molecule has 0 saturated heterocycles. The van der Waals surface area contributed by atoms with Crippen LogP contribution in [-0.2, 0) is 22.6 Å². The second kappa shape index (κ2) is 6.35. The molecule has 0 atom stereocenters. The summed E-state index contributed by atoms with van der Waals surface area (Å²) in [6, 6.07) is 0. The Morgan fingerprint density at radius 2 is 2.05 bits per heavy atom. The van der Waals surface area contributed by atoms with Gasteiger partial charge in [-0.1, -0.05) is 0 Å². The van der Waals surface area contributed by atoms with Gasteiger partial charge in [0.25, 0.3) is 0 Å². The van der Waals surface area contributed by atoms with Crippen LogP contribution in [0.1, 0.15) is 11.1 Å². The first-order valence-electron chi connectivity index (χ1n) is 4.83. The van der Waals surface area contributed by atoms with Gasteiger partial charge >= 0.3 is 12.3 Å². The fourth-order valence-corrected chi connectivity index (χ4v) is 1.89. The molecule has 19 heavy (non-hydrogen) atoms. The summed E-state index contributed by atoms with van der Waals surface area (Å²) in [5.41, 5.74) is -0.334. The van der Waals surface area contributed by atoms with Gasteiger partial charge in [-0.25, -0.2) is 9.37 Å². The maximum absolute atomic E-state index is 12.9. The first kappa shape index (κ1) is 15.9. The predicted molar refractivity (Wildman–Crippen MR) is 64.2 cm³/mol. The number of alkyl halides is 4. The molecule has 1 rings (SSSR count). The third-order valence-corrected chi connectivity index (χ3v) is 3.03. The van der Waals surface area contributed by atoms with E-state index >= 15 is 0 Å². The third kappa shape index (κ3) is 4.48. The smallest absolute Gasteiger partial charge is 0.469 e. The quantitative estimate of drug-likeness (QED) is 0.449. The lowest BCUT2D eigenvalue weighted by Crippen LogP contribution is -2.21. The number of carbonyl (C=O) groups is 1. The molecule has 0 saturated carbocycles. The van der Waals surface area contributed by atoms with Crippen LogP contribution in [-0.4, -0.2) is 24.4 Å². The van der Waals surface area contributed by atoms with Gasteiger partial charge in [0.15, 0.2) is 0 Å². The zero-order chi connectivity index (χ0) is 14.6. The molecule has 1 heterocycles. The minimum Gasteiger partial charge on any atom is -0.469 e. The molecule has 0 aliphatic heterocycles. The van der Waals surface area contributed by atoms with Crippen LogP contribution in [0.3, 0.4) is 0 Å². The van der Waals surface area contributed by atoms with Crippen LogP contribution in [0.2, 0.25) is 0 Å². The Bertz CT molecular complexity index is 479. The normalized spacial score (nSPS) is 11.3. The van der Waals surface area contributed by atoms with Gasteiger partial charge in [-0.15, -0.1) is 13.2 Å². The molecule has 0 N–H and O–H groups in total. The molecule has 1 aromatic rings. The van der Waals surface area contributed by atoms with Crippen molar-refractivity contribution in [1.29, 1.82) is 0 Å². The second-order valence-corrected chi connectivity index (χ2v) is 4.46. The van der Waals surface area contributed by atoms with E-state index in [-0.39, 0.29) is 11.1 Å². The summed E-state index contributed by atoms with van der Waals surface area (Å²) in [7, 11) is 1.07. The zero-order valence-electron chi connectivity index (χ0n) is 9.55. The van der Waals surface area contributed by atoms with Crippen LogP contribution >= 0.6 is 22.6 Å². The number of esters is 1. The number of hydrogen-bond donors (Lipinski definition) is 0. The first-order chi connectivity index (χ1) is 8.78. The fourth-order valence-electron chi connectivity index (χ4n) is 1.29. The number of aromatic nitrogens is 1. The Morgan fingerprint density at radius 1 is 1.42 bits per heavy atom. The monoisotopic (exact) mass is 393 g/mol.